The first kappa shape index (κ1) is 37.2. The number of ether oxygens (including phenoxy) is 4. The van der Waals surface area contributed by atoms with E-state index in [-0.39, 0.29) is 12.2 Å². The molecular weight excluding hydrogens is 654 g/mol. The van der Waals surface area contributed by atoms with E-state index < -0.39 is 27.7 Å². The molecule has 0 unspecified atom stereocenters. The highest BCUT2D eigenvalue weighted by Crippen LogP contribution is 2.71. The number of nitrogens with zero attached hydrogens (tertiary/aromatic N) is 2. The van der Waals surface area contributed by atoms with Gasteiger partial charge in [-0.25, -0.2) is 9.59 Å². The van der Waals surface area contributed by atoms with Crippen LogP contribution in [0.15, 0.2) is 27.5 Å². The summed E-state index contributed by atoms with van der Waals surface area (Å²) in [6.45, 7) is 8.67. The molecular formula is C32H46ClN3O6S3. The van der Waals surface area contributed by atoms with Crippen LogP contribution in [0.3, 0.4) is 0 Å². The first-order valence-electron chi connectivity index (χ1n) is 15.1. The van der Waals surface area contributed by atoms with E-state index >= 15 is 0 Å². The Bertz CT molecular complexity index is 1360. The zero-order valence-electron chi connectivity index (χ0n) is 27.2. The van der Waals surface area contributed by atoms with Gasteiger partial charge in [0.25, 0.3) is 0 Å². The molecule has 1 amide bonds. The van der Waals surface area contributed by atoms with Crippen molar-refractivity contribution in [2.75, 3.05) is 76.5 Å². The standard InChI is InChI=1S/C32H46ClN3O6S3/c1-32(2,3)42-30(37)23(22-34)19-24-20-25-28(43-24)29-26(45(25,5)6)21-27(44-29)36(4)13-16-41-31(38)35-12-15-40-18-17-39-14-10-8-7-9-11-33/h19-21H,7-18H2,1-6H3,(H,35,38)/b23-19+. The number of fused-ring (bicyclic) bond motifs is 3. The molecule has 13 heteroatoms. The zero-order valence-corrected chi connectivity index (χ0v) is 30.4. The largest absolute Gasteiger partial charge is 0.456 e. The Kier molecular flexibility index (Phi) is 14.5. The maximum Gasteiger partial charge on any atom is 0.407 e. The molecule has 0 aromatic carbocycles. The lowest BCUT2D eigenvalue weighted by Gasteiger charge is -2.26. The number of carbonyl (C=O) groups excluding carboxylic acids is 2. The topological polar surface area (TPSA) is 110 Å². The number of esters is 1. The Hall–Kier alpha value is -2.27. The van der Waals surface area contributed by atoms with Crippen LogP contribution >= 0.6 is 44.3 Å². The number of nitrogens with one attached hydrogen (secondary N) is 1. The number of carbonyl (C=O) groups is 2. The molecule has 0 bridgehead atoms. The smallest absolute Gasteiger partial charge is 0.407 e. The van der Waals surface area contributed by atoms with E-state index in [9.17, 15) is 14.9 Å². The molecule has 0 fully saturated rings. The van der Waals surface area contributed by atoms with Gasteiger partial charge in [0.05, 0.1) is 41.1 Å². The normalized spacial score (nSPS) is 14.3. The second-order valence-electron chi connectivity index (χ2n) is 11.9. The van der Waals surface area contributed by atoms with Crippen molar-refractivity contribution in [1.29, 1.82) is 5.26 Å². The molecule has 45 heavy (non-hydrogen) atoms. The maximum atomic E-state index is 12.5. The number of alkyl carbamates (subject to hydrolysis) is 1. The van der Waals surface area contributed by atoms with Crippen molar-refractivity contribution in [2.24, 2.45) is 0 Å². The highest BCUT2D eigenvalue weighted by atomic mass is 35.5. The maximum absolute atomic E-state index is 12.5. The highest BCUT2D eigenvalue weighted by molar-refractivity contribution is 8.33. The molecule has 1 aliphatic rings. The molecule has 0 radical (unpaired) electrons. The molecule has 0 atom stereocenters. The quantitative estimate of drug-likeness (QED) is 0.0560. The van der Waals surface area contributed by atoms with Crippen LogP contribution in [0.4, 0.5) is 9.80 Å². The minimum atomic E-state index is -1.26. The van der Waals surface area contributed by atoms with Gasteiger partial charge in [0.2, 0.25) is 0 Å². The second-order valence-corrected chi connectivity index (χ2v) is 18.0. The van der Waals surface area contributed by atoms with Crippen molar-refractivity contribution >= 4 is 67.4 Å². The number of anilines is 1. The first-order chi connectivity index (χ1) is 21.4. The predicted octanol–water partition coefficient (Wildman–Crippen LogP) is 7.52. The Labute approximate surface area is 282 Å². The molecule has 1 aliphatic heterocycles. The van der Waals surface area contributed by atoms with E-state index in [0.717, 1.165) is 48.0 Å². The van der Waals surface area contributed by atoms with Crippen LogP contribution in [0.1, 0.15) is 51.3 Å². The Morgan fingerprint density at radius 1 is 1.00 bits per heavy atom. The number of hydrogen-bond acceptors (Lipinski definition) is 10. The molecule has 3 rings (SSSR count). The molecule has 250 valence electrons. The summed E-state index contributed by atoms with van der Waals surface area (Å²) < 4.78 is 21.8. The molecule has 1 N–H and O–H groups in total. The fourth-order valence-corrected chi connectivity index (χ4v) is 10.8. The number of alkyl halides is 1. The van der Waals surface area contributed by atoms with E-state index in [1.54, 1.807) is 49.5 Å². The van der Waals surface area contributed by atoms with Crippen LogP contribution in [0.2, 0.25) is 0 Å². The monoisotopic (exact) mass is 699 g/mol. The SMILES string of the molecule is CN(CCOC(=O)NCCOCCOCCCCCCCl)c1cc2c(s1)-c1sc(/C=C(\C#N)C(=O)OC(C)(C)C)cc1S2(C)C. The summed E-state index contributed by atoms with van der Waals surface area (Å²) in [5, 5.41) is 13.4. The van der Waals surface area contributed by atoms with Crippen LogP contribution in [0, 0.1) is 11.3 Å². The summed E-state index contributed by atoms with van der Waals surface area (Å²) >= 11 is 8.97. The van der Waals surface area contributed by atoms with Gasteiger partial charge in [0.15, 0.2) is 0 Å². The summed E-state index contributed by atoms with van der Waals surface area (Å²) in [4.78, 5) is 32.5. The number of thiophene rings is 2. The van der Waals surface area contributed by atoms with Crippen LogP contribution in [0.25, 0.3) is 15.8 Å². The van der Waals surface area contributed by atoms with Crippen LogP contribution in [0.5, 0.6) is 0 Å². The summed E-state index contributed by atoms with van der Waals surface area (Å²) in [5.74, 6) is 0.103. The van der Waals surface area contributed by atoms with Gasteiger partial charge in [-0.15, -0.1) is 34.3 Å². The lowest BCUT2D eigenvalue weighted by atomic mass is 10.2. The number of amides is 1. The van der Waals surface area contributed by atoms with E-state index in [1.807, 2.05) is 13.1 Å². The molecule has 0 saturated carbocycles. The Morgan fingerprint density at radius 2 is 1.67 bits per heavy atom. The van der Waals surface area contributed by atoms with E-state index in [0.29, 0.717) is 32.9 Å². The molecule has 2 aromatic heterocycles. The van der Waals surface area contributed by atoms with Crippen molar-refractivity contribution in [3.05, 3.63) is 22.6 Å². The minimum absolute atomic E-state index is 0.00804. The number of hydrogen-bond donors (Lipinski definition) is 1. The number of nitriles is 1. The predicted molar refractivity (Wildman–Crippen MR) is 186 cm³/mol. The average molecular weight is 700 g/mol. The van der Waals surface area contributed by atoms with E-state index in [4.69, 9.17) is 30.5 Å². The Morgan fingerprint density at radius 3 is 2.36 bits per heavy atom. The third-order valence-electron chi connectivity index (χ3n) is 6.83. The van der Waals surface area contributed by atoms with Gasteiger partial charge in [-0.05, 0) is 64.3 Å². The van der Waals surface area contributed by atoms with Gasteiger partial charge in [-0.1, -0.05) is 12.8 Å². The molecule has 0 spiro atoms. The van der Waals surface area contributed by atoms with Gasteiger partial charge in [-0.3, -0.25) is 0 Å². The molecule has 0 aliphatic carbocycles. The van der Waals surface area contributed by atoms with Gasteiger partial charge in [0.1, 0.15) is 23.9 Å². The first-order valence-corrected chi connectivity index (χ1v) is 19.7. The number of rotatable bonds is 18. The summed E-state index contributed by atoms with van der Waals surface area (Å²) in [6.07, 6.45) is 10.0. The van der Waals surface area contributed by atoms with E-state index in [1.165, 1.54) is 19.5 Å². The van der Waals surface area contributed by atoms with Crippen LogP contribution in [-0.4, -0.2) is 89.2 Å². The average Bonchev–Trinajstić information content (AvgIpc) is 3.65. The summed E-state index contributed by atoms with van der Waals surface area (Å²) in [6, 6.07) is 6.34. The zero-order chi connectivity index (χ0) is 33.0. The van der Waals surface area contributed by atoms with Gasteiger partial charge in [-0.2, -0.15) is 15.3 Å². The number of likely N-dealkylation sites (N-methyl/N-ethyl adjacent to an activating group) is 1. The number of halogens is 1. The van der Waals surface area contributed by atoms with Crippen molar-refractivity contribution in [2.45, 2.75) is 61.8 Å². The van der Waals surface area contributed by atoms with Gasteiger partial charge < -0.3 is 29.2 Å². The number of unbranched alkanes of at least 4 members (excludes halogenated alkanes) is 3. The molecule has 0 saturated heterocycles. The molecule has 3 heterocycles. The second kappa shape index (κ2) is 17.6. The summed E-state index contributed by atoms with van der Waals surface area (Å²) in [7, 11) is 0.728. The third-order valence-corrected chi connectivity index (χ3v) is 12.7. The molecule has 9 nitrogen and oxygen atoms in total. The highest BCUT2D eigenvalue weighted by Gasteiger charge is 2.36. The van der Waals surface area contributed by atoms with Gasteiger partial charge >= 0.3 is 12.1 Å². The van der Waals surface area contributed by atoms with Crippen molar-refractivity contribution in [3.63, 3.8) is 0 Å². The van der Waals surface area contributed by atoms with Crippen LogP contribution < -0.4 is 10.2 Å². The molecule has 2 aromatic rings. The van der Waals surface area contributed by atoms with Crippen LogP contribution in [-0.2, 0) is 23.7 Å². The van der Waals surface area contributed by atoms with Crippen molar-refractivity contribution in [1.82, 2.24) is 5.32 Å². The van der Waals surface area contributed by atoms with Gasteiger partial charge in [0, 0.05) is 40.7 Å². The van der Waals surface area contributed by atoms with E-state index in [2.05, 4.69) is 34.9 Å². The van der Waals surface area contributed by atoms with Crippen molar-refractivity contribution < 1.29 is 28.5 Å². The minimum Gasteiger partial charge on any atom is -0.456 e. The lowest BCUT2D eigenvalue weighted by Crippen LogP contribution is -2.31. The van der Waals surface area contributed by atoms with Crippen molar-refractivity contribution in [3.8, 4) is 15.8 Å². The lowest BCUT2D eigenvalue weighted by molar-refractivity contribution is -0.149. The fourth-order valence-electron chi connectivity index (χ4n) is 4.45. The fraction of sp³-hybridized carbons (Fsp3) is 0.594. The Balaban J connectivity index is 1.43. The third kappa shape index (κ3) is 11.2. The summed E-state index contributed by atoms with van der Waals surface area (Å²) in [5.41, 5.74) is -0.680.